The Bertz CT molecular complexity index is 309. The monoisotopic (exact) mass is 165 g/mol. The lowest BCUT2D eigenvalue weighted by molar-refractivity contribution is 0.0654. The average Bonchev–Trinajstić information content (AvgIpc) is 2.05. The molecule has 0 unspecified atom stereocenters. The Kier molecular flexibility index (Phi) is 2.42. The summed E-state index contributed by atoms with van der Waals surface area (Å²) in [4.78, 5) is 14.6. The van der Waals surface area contributed by atoms with Gasteiger partial charge in [0.15, 0.2) is 5.69 Å². The number of carbonyl (C=O) groups is 1. The van der Waals surface area contributed by atoms with E-state index in [0.717, 1.165) is 6.26 Å². The molecule has 0 aliphatic heterocycles. The Morgan fingerprint density at radius 1 is 1.75 bits per heavy atom. The zero-order valence-electron chi connectivity index (χ0n) is 6.23. The smallest absolute Gasteiger partial charge is 0.365 e. The molecule has 1 aromatic rings. The van der Waals surface area contributed by atoms with Crippen molar-refractivity contribution < 1.29 is 14.6 Å². The molecule has 0 amide bonds. The summed E-state index contributed by atoms with van der Waals surface area (Å²) in [7, 11) is 0. The largest absolute Gasteiger partial charge is 0.505 e. The fourth-order valence-electron chi connectivity index (χ4n) is 0.686. The van der Waals surface area contributed by atoms with Crippen LogP contribution in [0, 0.1) is 0 Å². The standard InChI is InChI=1S/C8H7NO3/c1-2-12-8(11)7-6(10)4-3-5-9-7/h2-5,10H,1H2. The number of aromatic hydroxyl groups is 1. The minimum atomic E-state index is -0.719. The SMILES string of the molecule is C=COC(=O)c1ncccc1O. The van der Waals surface area contributed by atoms with Crippen molar-refractivity contribution in [3.05, 3.63) is 36.9 Å². The Morgan fingerprint density at radius 3 is 3.08 bits per heavy atom. The van der Waals surface area contributed by atoms with E-state index in [1.807, 2.05) is 0 Å². The molecule has 0 fully saturated rings. The van der Waals surface area contributed by atoms with Crippen LogP contribution in [0.2, 0.25) is 0 Å². The van der Waals surface area contributed by atoms with Crippen molar-refractivity contribution >= 4 is 5.97 Å². The Morgan fingerprint density at radius 2 is 2.50 bits per heavy atom. The summed E-state index contributed by atoms with van der Waals surface area (Å²) in [6, 6.07) is 2.87. The predicted molar refractivity (Wildman–Crippen MR) is 41.5 cm³/mol. The van der Waals surface area contributed by atoms with E-state index >= 15 is 0 Å². The van der Waals surface area contributed by atoms with Gasteiger partial charge in [-0.1, -0.05) is 6.58 Å². The molecule has 1 heterocycles. The van der Waals surface area contributed by atoms with E-state index in [0.29, 0.717) is 0 Å². The molecular weight excluding hydrogens is 158 g/mol. The van der Waals surface area contributed by atoms with Gasteiger partial charge in [-0.25, -0.2) is 9.78 Å². The summed E-state index contributed by atoms with van der Waals surface area (Å²) >= 11 is 0. The molecule has 4 heteroatoms. The number of hydrogen-bond donors (Lipinski definition) is 1. The maximum absolute atomic E-state index is 10.9. The quantitative estimate of drug-likeness (QED) is 0.526. The second-order valence-electron chi connectivity index (χ2n) is 1.94. The minimum absolute atomic E-state index is 0.114. The molecule has 0 aliphatic rings. The number of rotatable bonds is 2. The third-order valence-corrected chi connectivity index (χ3v) is 1.17. The summed E-state index contributed by atoms with van der Waals surface area (Å²) < 4.78 is 4.41. The van der Waals surface area contributed by atoms with Gasteiger partial charge in [-0.2, -0.15) is 0 Å². The van der Waals surface area contributed by atoms with Crippen molar-refractivity contribution in [1.82, 2.24) is 4.98 Å². The van der Waals surface area contributed by atoms with E-state index in [1.165, 1.54) is 18.3 Å². The molecule has 0 saturated heterocycles. The lowest BCUT2D eigenvalue weighted by Crippen LogP contribution is -2.02. The number of pyridine rings is 1. The zero-order chi connectivity index (χ0) is 8.97. The van der Waals surface area contributed by atoms with Gasteiger partial charge in [0.1, 0.15) is 5.75 Å². The molecule has 62 valence electrons. The van der Waals surface area contributed by atoms with Gasteiger partial charge in [-0.3, -0.25) is 0 Å². The highest BCUT2D eigenvalue weighted by molar-refractivity contribution is 5.90. The summed E-state index contributed by atoms with van der Waals surface area (Å²) in [5.74, 6) is -0.924. The van der Waals surface area contributed by atoms with Crippen LogP contribution in [0.1, 0.15) is 10.5 Å². The average molecular weight is 165 g/mol. The molecule has 0 atom stereocenters. The van der Waals surface area contributed by atoms with Crippen LogP contribution in [0.3, 0.4) is 0 Å². The van der Waals surface area contributed by atoms with Crippen molar-refractivity contribution in [2.75, 3.05) is 0 Å². The Labute approximate surface area is 69.1 Å². The first kappa shape index (κ1) is 8.26. The van der Waals surface area contributed by atoms with Crippen molar-refractivity contribution in [2.24, 2.45) is 0 Å². The molecule has 4 nitrogen and oxygen atoms in total. The van der Waals surface area contributed by atoms with Gasteiger partial charge in [0.05, 0.1) is 6.26 Å². The molecule has 1 rings (SSSR count). The molecule has 12 heavy (non-hydrogen) atoms. The van der Waals surface area contributed by atoms with Gasteiger partial charge in [-0.15, -0.1) is 0 Å². The van der Waals surface area contributed by atoms with Gasteiger partial charge in [0, 0.05) is 6.20 Å². The summed E-state index contributed by atoms with van der Waals surface area (Å²) in [6.07, 6.45) is 2.37. The van der Waals surface area contributed by atoms with Crippen molar-refractivity contribution in [3.63, 3.8) is 0 Å². The lowest BCUT2D eigenvalue weighted by Gasteiger charge is -1.99. The number of hydrogen-bond acceptors (Lipinski definition) is 4. The molecule has 0 saturated carbocycles. The number of ether oxygens (including phenoxy) is 1. The van der Waals surface area contributed by atoms with E-state index in [-0.39, 0.29) is 11.4 Å². The van der Waals surface area contributed by atoms with E-state index < -0.39 is 5.97 Å². The molecule has 0 aromatic carbocycles. The normalized spacial score (nSPS) is 9.00. The van der Waals surface area contributed by atoms with Crippen LogP contribution in [0.5, 0.6) is 5.75 Å². The zero-order valence-corrected chi connectivity index (χ0v) is 6.23. The molecule has 0 aliphatic carbocycles. The van der Waals surface area contributed by atoms with Crippen LogP contribution in [-0.2, 0) is 4.74 Å². The topological polar surface area (TPSA) is 59.4 Å². The first-order valence-corrected chi connectivity index (χ1v) is 3.21. The molecule has 0 radical (unpaired) electrons. The lowest BCUT2D eigenvalue weighted by atomic mass is 10.3. The Balaban J connectivity index is 2.94. The first-order valence-electron chi connectivity index (χ1n) is 3.21. The van der Waals surface area contributed by atoms with Gasteiger partial charge >= 0.3 is 5.97 Å². The second-order valence-corrected chi connectivity index (χ2v) is 1.94. The van der Waals surface area contributed by atoms with Crippen LogP contribution >= 0.6 is 0 Å². The summed E-state index contributed by atoms with van der Waals surface area (Å²) in [5, 5.41) is 9.11. The van der Waals surface area contributed by atoms with E-state index in [4.69, 9.17) is 5.11 Å². The van der Waals surface area contributed by atoms with Crippen LogP contribution < -0.4 is 0 Å². The Hall–Kier alpha value is -1.84. The number of esters is 1. The van der Waals surface area contributed by atoms with Crippen LogP contribution in [0.25, 0.3) is 0 Å². The first-order chi connectivity index (χ1) is 5.75. The van der Waals surface area contributed by atoms with Gasteiger partial charge in [-0.05, 0) is 12.1 Å². The predicted octanol–water partition coefficient (Wildman–Crippen LogP) is 1.09. The number of nitrogens with zero attached hydrogens (tertiary/aromatic N) is 1. The molecule has 0 bridgehead atoms. The van der Waals surface area contributed by atoms with Crippen LogP contribution in [0.15, 0.2) is 31.2 Å². The highest BCUT2D eigenvalue weighted by Gasteiger charge is 2.11. The third kappa shape index (κ3) is 1.60. The van der Waals surface area contributed by atoms with Gasteiger partial charge in [0.25, 0.3) is 0 Å². The number of aromatic nitrogens is 1. The fourth-order valence-corrected chi connectivity index (χ4v) is 0.686. The van der Waals surface area contributed by atoms with Crippen molar-refractivity contribution in [1.29, 1.82) is 0 Å². The molecular formula is C8H7NO3. The minimum Gasteiger partial charge on any atom is -0.505 e. The molecule has 1 aromatic heterocycles. The van der Waals surface area contributed by atoms with Crippen LogP contribution in [-0.4, -0.2) is 16.1 Å². The van der Waals surface area contributed by atoms with E-state index in [1.54, 1.807) is 0 Å². The fraction of sp³-hybridized carbons (Fsp3) is 0. The van der Waals surface area contributed by atoms with E-state index in [2.05, 4.69) is 16.3 Å². The maximum Gasteiger partial charge on any atom is 0.365 e. The summed E-state index contributed by atoms with van der Waals surface area (Å²) in [5.41, 5.74) is -0.114. The number of carbonyl (C=O) groups excluding carboxylic acids is 1. The maximum atomic E-state index is 10.9. The van der Waals surface area contributed by atoms with Crippen LogP contribution in [0.4, 0.5) is 0 Å². The van der Waals surface area contributed by atoms with Crippen molar-refractivity contribution in [2.45, 2.75) is 0 Å². The molecule has 1 N–H and O–H groups in total. The highest BCUT2D eigenvalue weighted by atomic mass is 16.5. The summed E-state index contributed by atoms with van der Waals surface area (Å²) in [6.45, 7) is 3.20. The highest BCUT2D eigenvalue weighted by Crippen LogP contribution is 2.13. The molecule has 0 spiro atoms. The van der Waals surface area contributed by atoms with Crippen molar-refractivity contribution in [3.8, 4) is 5.75 Å². The second kappa shape index (κ2) is 3.52. The van der Waals surface area contributed by atoms with Gasteiger partial charge in [0.2, 0.25) is 0 Å². The van der Waals surface area contributed by atoms with E-state index in [9.17, 15) is 4.79 Å². The van der Waals surface area contributed by atoms with Gasteiger partial charge < -0.3 is 9.84 Å². The third-order valence-electron chi connectivity index (χ3n) is 1.17.